The van der Waals surface area contributed by atoms with E-state index in [1.54, 1.807) is 35.0 Å². The van der Waals surface area contributed by atoms with Crippen molar-refractivity contribution in [1.29, 1.82) is 0 Å². The Morgan fingerprint density at radius 2 is 1.83 bits per heavy atom. The normalized spacial score (nSPS) is 10.8. The number of carbonyl (C=O) groups excluding carboxylic acids is 1. The summed E-state index contributed by atoms with van der Waals surface area (Å²) >= 11 is 15.9. The monoisotopic (exact) mass is 500 g/mol. The van der Waals surface area contributed by atoms with Crippen molar-refractivity contribution < 1.29 is 4.79 Å². The highest BCUT2D eigenvalue weighted by Gasteiger charge is 2.19. The number of anilines is 1. The molecule has 150 valence electrons. The van der Waals surface area contributed by atoms with Gasteiger partial charge in [0.15, 0.2) is 5.82 Å². The third-order valence-corrected chi connectivity index (χ3v) is 5.51. The Labute approximate surface area is 191 Å². The van der Waals surface area contributed by atoms with Gasteiger partial charge in [-0.1, -0.05) is 63.4 Å². The molecular weight excluding hydrogens is 487 g/mol. The van der Waals surface area contributed by atoms with Crippen LogP contribution in [0.25, 0.3) is 17.1 Å². The first-order valence-electron chi connectivity index (χ1n) is 8.97. The number of amides is 1. The van der Waals surface area contributed by atoms with Gasteiger partial charge in [-0.15, -0.1) is 5.10 Å². The molecule has 4 rings (SSSR count). The van der Waals surface area contributed by atoms with E-state index in [4.69, 9.17) is 23.2 Å². The second kappa shape index (κ2) is 8.60. The molecule has 1 heterocycles. The summed E-state index contributed by atoms with van der Waals surface area (Å²) in [5.74, 6) is 0.0896. The zero-order chi connectivity index (χ0) is 21.3. The topological polar surface area (TPSA) is 59.8 Å². The Hall–Kier alpha value is -2.67. The second-order valence-electron chi connectivity index (χ2n) is 6.58. The molecule has 0 fully saturated rings. The fourth-order valence-corrected chi connectivity index (χ4v) is 3.63. The van der Waals surface area contributed by atoms with Crippen molar-refractivity contribution >= 4 is 50.7 Å². The Balaban J connectivity index is 1.79. The van der Waals surface area contributed by atoms with Gasteiger partial charge < -0.3 is 5.32 Å². The predicted octanol–water partition coefficient (Wildman–Crippen LogP) is 6.56. The number of nitrogens with zero attached hydrogens (tertiary/aromatic N) is 3. The molecule has 0 atom stereocenters. The van der Waals surface area contributed by atoms with Gasteiger partial charge in [-0.3, -0.25) is 4.79 Å². The average Bonchev–Trinajstić information content (AvgIpc) is 3.16. The average molecular weight is 502 g/mol. The number of benzene rings is 3. The minimum absolute atomic E-state index is 0.0293. The SMILES string of the molecule is Cc1ccc(-n2nc(C(=O)Nc3cccc(Br)c3)nc2-c2cccc(Cl)c2)cc1Cl. The maximum Gasteiger partial charge on any atom is 0.295 e. The molecule has 3 aromatic carbocycles. The molecule has 30 heavy (non-hydrogen) atoms. The van der Waals surface area contributed by atoms with Crippen LogP contribution in [0.15, 0.2) is 71.2 Å². The molecule has 0 saturated heterocycles. The highest BCUT2D eigenvalue weighted by Crippen LogP contribution is 2.26. The Bertz CT molecular complexity index is 1260. The van der Waals surface area contributed by atoms with Gasteiger partial charge in [-0.2, -0.15) is 0 Å². The molecule has 0 unspecified atom stereocenters. The van der Waals surface area contributed by atoms with Crippen LogP contribution in [-0.2, 0) is 0 Å². The molecule has 1 aromatic heterocycles. The summed E-state index contributed by atoms with van der Waals surface area (Å²) in [5.41, 5.74) is 2.99. The van der Waals surface area contributed by atoms with Gasteiger partial charge in [0, 0.05) is 25.8 Å². The Kier molecular flexibility index (Phi) is 5.90. The molecule has 0 radical (unpaired) electrons. The number of halogens is 3. The summed E-state index contributed by atoms with van der Waals surface area (Å²) in [7, 11) is 0. The number of carbonyl (C=O) groups is 1. The largest absolute Gasteiger partial charge is 0.319 e. The standard InChI is InChI=1S/C22H15BrCl2N4O/c1-13-8-9-18(12-19(13)25)29-21(14-4-2-6-16(24)10-14)27-20(28-29)22(30)26-17-7-3-5-15(23)11-17/h2-12H,1H3,(H,26,30). The van der Waals surface area contributed by atoms with Crippen molar-refractivity contribution in [1.82, 2.24) is 14.8 Å². The van der Waals surface area contributed by atoms with Crippen molar-refractivity contribution in [3.05, 3.63) is 92.6 Å². The molecule has 1 N–H and O–H groups in total. The van der Waals surface area contributed by atoms with E-state index in [1.807, 2.05) is 43.3 Å². The molecule has 1 amide bonds. The van der Waals surface area contributed by atoms with Crippen molar-refractivity contribution in [2.45, 2.75) is 6.92 Å². The number of aryl methyl sites for hydroxylation is 1. The number of hydrogen-bond donors (Lipinski definition) is 1. The van der Waals surface area contributed by atoms with Crippen molar-refractivity contribution in [2.24, 2.45) is 0 Å². The maximum atomic E-state index is 12.8. The van der Waals surface area contributed by atoms with Crippen LogP contribution in [-0.4, -0.2) is 20.7 Å². The van der Waals surface area contributed by atoms with Gasteiger partial charge in [0.05, 0.1) is 5.69 Å². The van der Waals surface area contributed by atoms with Crippen LogP contribution in [0, 0.1) is 6.92 Å². The molecule has 0 saturated carbocycles. The number of nitrogens with one attached hydrogen (secondary N) is 1. The smallest absolute Gasteiger partial charge is 0.295 e. The van der Waals surface area contributed by atoms with E-state index in [0.717, 1.165) is 15.6 Å². The van der Waals surface area contributed by atoms with E-state index in [-0.39, 0.29) is 5.82 Å². The molecule has 0 aliphatic heterocycles. The van der Waals surface area contributed by atoms with E-state index < -0.39 is 5.91 Å². The van der Waals surface area contributed by atoms with Gasteiger partial charge in [0.2, 0.25) is 5.82 Å². The third-order valence-electron chi connectivity index (χ3n) is 4.38. The van der Waals surface area contributed by atoms with Crippen LogP contribution < -0.4 is 5.32 Å². The van der Waals surface area contributed by atoms with Crippen LogP contribution in [0.4, 0.5) is 5.69 Å². The van der Waals surface area contributed by atoms with Crippen LogP contribution in [0.5, 0.6) is 0 Å². The minimum Gasteiger partial charge on any atom is -0.319 e. The summed E-state index contributed by atoms with van der Waals surface area (Å²) in [6.45, 7) is 1.92. The fourth-order valence-electron chi connectivity index (χ4n) is 2.87. The summed E-state index contributed by atoms with van der Waals surface area (Å²) in [6, 6.07) is 20.1. The lowest BCUT2D eigenvalue weighted by Crippen LogP contribution is -2.14. The van der Waals surface area contributed by atoms with Crippen LogP contribution in [0.3, 0.4) is 0 Å². The first-order valence-corrected chi connectivity index (χ1v) is 10.5. The lowest BCUT2D eigenvalue weighted by Gasteiger charge is -2.08. The molecule has 0 aliphatic carbocycles. The molecule has 0 bridgehead atoms. The molecule has 0 aliphatic rings. The van der Waals surface area contributed by atoms with Crippen molar-refractivity contribution in [3.8, 4) is 17.1 Å². The number of rotatable bonds is 4. The molecule has 5 nitrogen and oxygen atoms in total. The van der Waals surface area contributed by atoms with Gasteiger partial charge in [-0.05, 0) is 55.0 Å². The quantitative estimate of drug-likeness (QED) is 0.344. The van der Waals surface area contributed by atoms with E-state index >= 15 is 0 Å². The molecular formula is C22H15BrCl2N4O. The van der Waals surface area contributed by atoms with Gasteiger partial charge in [0.1, 0.15) is 0 Å². The number of aromatic nitrogens is 3. The lowest BCUT2D eigenvalue weighted by atomic mass is 10.2. The lowest BCUT2D eigenvalue weighted by molar-refractivity contribution is 0.101. The highest BCUT2D eigenvalue weighted by atomic mass is 79.9. The minimum atomic E-state index is -0.423. The van der Waals surface area contributed by atoms with Crippen LogP contribution in [0.1, 0.15) is 16.2 Å². The molecule has 4 aromatic rings. The van der Waals surface area contributed by atoms with Crippen molar-refractivity contribution in [2.75, 3.05) is 5.32 Å². The van der Waals surface area contributed by atoms with Crippen LogP contribution >= 0.6 is 39.1 Å². The van der Waals surface area contributed by atoms with E-state index in [2.05, 4.69) is 31.3 Å². The van der Waals surface area contributed by atoms with Gasteiger partial charge in [0.25, 0.3) is 5.91 Å². The Morgan fingerprint density at radius 3 is 2.57 bits per heavy atom. The van der Waals surface area contributed by atoms with E-state index in [9.17, 15) is 4.79 Å². The zero-order valence-corrected chi connectivity index (χ0v) is 18.8. The summed E-state index contributed by atoms with van der Waals surface area (Å²) in [4.78, 5) is 17.3. The van der Waals surface area contributed by atoms with Gasteiger partial charge >= 0.3 is 0 Å². The third kappa shape index (κ3) is 4.41. The maximum absolute atomic E-state index is 12.8. The second-order valence-corrected chi connectivity index (χ2v) is 8.34. The first-order chi connectivity index (χ1) is 14.4. The zero-order valence-electron chi connectivity index (χ0n) is 15.7. The summed E-state index contributed by atoms with van der Waals surface area (Å²) < 4.78 is 2.44. The van der Waals surface area contributed by atoms with Gasteiger partial charge in [-0.25, -0.2) is 9.67 Å². The predicted molar refractivity (Wildman–Crippen MR) is 124 cm³/mol. The number of hydrogen-bond acceptors (Lipinski definition) is 3. The van der Waals surface area contributed by atoms with Crippen LogP contribution in [0.2, 0.25) is 10.0 Å². The highest BCUT2D eigenvalue weighted by molar-refractivity contribution is 9.10. The summed E-state index contributed by atoms with van der Waals surface area (Å²) in [5, 5.41) is 8.43. The first kappa shape index (κ1) is 20.6. The molecule has 8 heteroatoms. The molecule has 0 spiro atoms. The Morgan fingerprint density at radius 1 is 1.03 bits per heavy atom. The fraction of sp³-hybridized carbons (Fsp3) is 0.0455. The van der Waals surface area contributed by atoms with Crippen molar-refractivity contribution in [3.63, 3.8) is 0 Å². The summed E-state index contributed by atoms with van der Waals surface area (Å²) in [6.07, 6.45) is 0. The van der Waals surface area contributed by atoms with E-state index in [1.165, 1.54) is 0 Å². The van der Waals surface area contributed by atoms with E-state index in [0.29, 0.717) is 27.2 Å².